The number of aromatic nitrogens is 2. The second-order valence-electron chi connectivity index (χ2n) is 1.34. The van der Waals surface area contributed by atoms with Gasteiger partial charge in [0.25, 0.3) is 0 Å². The van der Waals surface area contributed by atoms with Crippen LogP contribution in [0.1, 0.15) is 0 Å². The highest BCUT2D eigenvalue weighted by molar-refractivity contribution is 6.30. The Balaban J connectivity index is 3.28. The fourth-order valence-corrected chi connectivity index (χ4v) is 0.384. The molecule has 0 aliphatic carbocycles. The third kappa shape index (κ3) is 0.962. The number of hydrogen-bond acceptors (Lipinski definition) is 2. The van der Waals surface area contributed by atoms with Crippen LogP contribution in [0.25, 0.3) is 0 Å². The lowest BCUT2D eigenvalue weighted by Crippen LogP contribution is -2.17. The first-order valence-corrected chi connectivity index (χ1v) is 2.09. The lowest BCUT2D eigenvalue weighted by molar-refractivity contribution is 1.14. The molecule has 1 aromatic heterocycles. The molecule has 1 heterocycles. The minimum atomic E-state index is -0.225. The summed E-state index contributed by atoms with van der Waals surface area (Å²) >= 11 is 0. The van der Waals surface area contributed by atoms with Gasteiger partial charge in [-0.3, -0.25) is 9.78 Å². The first-order valence-electron chi connectivity index (χ1n) is 2.09. The molecule has 4 heteroatoms. The molecule has 0 saturated carbocycles. The first-order chi connectivity index (χ1) is 3.79. The van der Waals surface area contributed by atoms with Crippen molar-refractivity contribution in [1.29, 1.82) is 0 Å². The van der Waals surface area contributed by atoms with Gasteiger partial charge in [0.15, 0.2) is 0 Å². The normalized spacial score (nSPS) is 9.00. The Morgan fingerprint density at radius 1 is 1.75 bits per heavy atom. The van der Waals surface area contributed by atoms with Gasteiger partial charge < -0.3 is 4.98 Å². The maximum atomic E-state index is 10.3. The lowest BCUT2D eigenvalue weighted by Gasteiger charge is -1.83. The van der Waals surface area contributed by atoms with Gasteiger partial charge in [0.05, 0.1) is 6.33 Å². The van der Waals surface area contributed by atoms with E-state index in [1.807, 2.05) is 0 Å². The molecule has 0 aliphatic heterocycles. The summed E-state index contributed by atoms with van der Waals surface area (Å²) in [5.74, 6) is 0. The SMILES string of the molecule is [B]c1cc(=O)[nH]cn1. The second kappa shape index (κ2) is 1.82. The summed E-state index contributed by atoms with van der Waals surface area (Å²) in [6, 6.07) is 1.22. The summed E-state index contributed by atoms with van der Waals surface area (Å²) in [6.07, 6.45) is 1.26. The molecule has 0 spiro atoms. The standard InChI is InChI=1S/C4H3BN2O/c5-3-1-4(8)7-2-6-3/h1-2H,(H,6,7,8). The molecule has 3 nitrogen and oxygen atoms in total. The van der Waals surface area contributed by atoms with Crippen LogP contribution in [0, 0.1) is 0 Å². The minimum Gasteiger partial charge on any atom is -0.313 e. The molecule has 0 saturated heterocycles. The van der Waals surface area contributed by atoms with E-state index in [0.717, 1.165) is 0 Å². The van der Waals surface area contributed by atoms with Crippen molar-refractivity contribution in [2.24, 2.45) is 0 Å². The van der Waals surface area contributed by atoms with Crippen LogP contribution in [0.3, 0.4) is 0 Å². The highest BCUT2D eigenvalue weighted by Gasteiger charge is 1.81. The summed E-state index contributed by atoms with van der Waals surface area (Å²) in [7, 11) is 5.13. The number of rotatable bonds is 0. The smallest absolute Gasteiger partial charge is 0.249 e. The number of nitrogens with zero attached hydrogens (tertiary/aromatic N) is 1. The van der Waals surface area contributed by atoms with E-state index >= 15 is 0 Å². The predicted octanol–water partition coefficient (Wildman–Crippen LogP) is -1.44. The zero-order chi connectivity index (χ0) is 5.98. The average molecular weight is 106 g/mol. The fourth-order valence-electron chi connectivity index (χ4n) is 0.384. The molecule has 0 aromatic carbocycles. The van der Waals surface area contributed by atoms with Gasteiger partial charge in [-0.2, -0.15) is 0 Å². The summed E-state index contributed by atoms with van der Waals surface area (Å²) in [5, 5.41) is 0. The number of aromatic amines is 1. The van der Waals surface area contributed by atoms with Crippen LogP contribution in [0.15, 0.2) is 17.2 Å². The van der Waals surface area contributed by atoms with Crippen LogP contribution < -0.4 is 11.2 Å². The van der Waals surface area contributed by atoms with Crippen molar-refractivity contribution in [3.05, 3.63) is 22.7 Å². The second-order valence-corrected chi connectivity index (χ2v) is 1.34. The van der Waals surface area contributed by atoms with Crippen molar-refractivity contribution >= 4 is 13.4 Å². The average Bonchev–Trinajstić information content (AvgIpc) is 1.64. The molecule has 2 radical (unpaired) electrons. The van der Waals surface area contributed by atoms with E-state index in [1.165, 1.54) is 12.4 Å². The number of H-pyrrole nitrogens is 1. The van der Waals surface area contributed by atoms with Gasteiger partial charge in [-0.15, -0.1) is 0 Å². The van der Waals surface area contributed by atoms with E-state index in [-0.39, 0.29) is 11.2 Å². The van der Waals surface area contributed by atoms with Gasteiger partial charge in [0.1, 0.15) is 7.85 Å². The third-order valence-electron chi connectivity index (χ3n) is 0.699. The zero-order valence-electron chi connectivity index (χ0n) is 4.09. The molecule has 0 bridgehead atoms. The largest absolute Gasteiger partial charge is 0.313 e. The topological polar surface area (TPSA) is 45.8 Å². The summed E-state index contributed by atoms with van der Waals surface area (Å²) < 4.78 is 0. The van der Waals surface area contributed by atoms with Crippen molar-refractivity contribution in [2.45, 2.75) is 0 Å². The van der Waals surface area contributed by atoms with Crippen molar-refractivity contribution in [1.82, 2.24) is 9.97 Å². The van der Waals surface area contributed by atoms with E-state index < -0.39 is 0 Å². The molecule has 38 valence electrons. The van der Waals surface area contributed by atoms with Crippen molar-refractivity contribution < 1.29 is 0 Å². The summed E-state index contributed by atoms with van der Waals surface area (Å²) in [5.41, 5.74) is 0.0197. The molecule has 1 N–H and O–H groups in total. The molecule has 0 amide bonds. The molecule has 0 fully saturated rings. The fraction of sp³-hybridized carbons (Fsp3) is 0. The van der Waals surface area contributed by atoms with Gasteiger partial charge >= 0.3 is 0 Å². The predicted molar refractivity (Wildman–Crippen MR) is 30.2 cm³/mol. The van der Waals surface area contributed by atoms with E-state index in [2.05, 4.69) is 9.97 Å². The number of hydrogen-bond donors (Lipinski definition) is 1. The molecule has 1 aromatic rings. The Morgan fingerprint density at radius 2 is 2.50 bits per heavy atom. The maximum absolute atomic E-state index is 10.3. The van der Waals surface area contributed by atoms with Crippen molar-refractivity contribution in [2.75, 3.05) is 0 Å². The van der Waals surface area contributed by atoms with E-state index in [9.17, 15) is 4.79 Å². The highest BCUT2D eigenvalue weighted by Crippen LogP contribution is 1.53. The summed E-state index contributed by atoms with van der Waals surface area (Å²) in [4.78, 5) is 16.2. The van der Waals surface area contributed by atoms with E-state index in [0.29, 0.717) is 0 Å². The van der Waals surface area contributed by atoms with Crippen LogP contribution in [0.5, 0.6) is 0 Å². The Kier molecular flexibility index (Phi) is 1.16. The lowest BCUT2D eigenvalue weighted by atomic mass is 10.1. The summed E-state index contributed by atoms with van der Waals surface area (Å²) in [6.45, 7) is 0. The maximum Gasteiger partial charge on any atom is 0.249 e. The Bertz CT molecular complexity index is 231. The van der Waals surface area contributed by atoms with Crippen LogP contribution >= 0.6 is 0 Å². The highest BCUT2D eigenvalue weighted by atomic mass is 16.1. The van der Waals surface area contributed by atoms with Gasteiger partial charge in [0, 0.05) is 6.07 Å². The quantitative estimate of drug-likeness (QED) is 0.412. The molecular formula is C4H3BN2O. The van der Waals surface area contributed by atoms with Crippen molar-refractivity contribution in [3.8, 4) is 0 Å². The Hall–Kier alpha value is -1.06. The van der Waals surface area contributed by atoms with Crippen LogP contribution in [0.2, 0.25) is 0 Å². The molecule has 0 unspecified atom stereocenters. The van der Waals surface area contributed by atoms with Gasteiger partial charge in [-0.1, -0.05) is 0 Å². The molecule has 1 rings (SSSR count). The third-order valence-corrected chi connectivity index (χ3v) is 0.699. The van der Waals surface area contributed by atoms with Crippen LogP contribution in [-0.2, 0) is 0 Å². The Morgan fingerprint density at radius 3 is 2.88 bits per heavy atom. The molecule has 0 aliphatic rings. The van der Waals surface area contributed by atoms with E-state index in [4.69, 9.17) is 7.85 Å². The van der Waals surface area contributed by atoms with Gasteiger partial charge in [-0.25, -0.2) is 0 Å². The Labute approximate surface area is 47.2 Å². The van der Waals surface area contributed by atoms with Crippen LogP contribution in [-0.4, -0.2) is 17.8 Å². The van der Waals surface area contributed by atoms with E-state index in [1.54, 1.807) is 0 Å². The zero-order valence-corrected chi connectivity index (χ0v) is 4.09. The molecular weight excluding hydrogens is 103 g/mol. The van der Waals surface area contributed by atoms with Gasteiger partial charge in [-0.05, 0) is 5.59 Å². The van der Waals surface area contributed by atoms with Gasteiger partial charge in [0.2, 0.25) is 5.56 Å². The monoisotopic (exact) mass is 106 g/mol. The first kappa shape index (κ1) is 5.09. The minimum absolute atomic E-state index is 0.225. The number of nitrogens with one attached hydrogen (secondary N) is 1. The molecule has 8 heavy (non-hydrogen) atoms. The van der Waals surface area contributed by atoms with Crippen LogP contribution in [0.4, 0.5) is 0 Å². The van der Waals surface area contributed by atoms with Crippen molar-refractivity contribution in [3.63, 3.8) is 0 Å². The molecule has 0 atom stereocenters.